The Morgan fingerprint density at radius 1 is 1.39 bits per heavy atom. The highest BCUT2D eigenvalue weighted by Gasteiger charge is 2.16. The van der Waals surface area contributed by atoms with E-state index in [1.165, 1.54) is 24.3 Å². The summed E-state index contributed by atoms with van der Waals surface area (Å²) >= 11 is 0. The number of carboxylic acid groups (broad SMARTS) is 1. The Labute approximate surface area is 107 Å². The minimum absolute atomic E-state index is 0.0135. The number of sulfone groups is 1. The first kappa shape index (κ1) is 14.7. The van der Waals surface area contributed by atoms with E-state index in [1.54, 1.807) is 0 Å². The second-order valence-corrected chi connectivity index (χ2v) is 6.16. The topological polar surface area (TPSA) is 74.7 Å². The molecule has 0 aromatic heterocycles. The van der Waals surface area contributed by atoms with Crippen LogP contribution in [-0.2, 0) is 9.84 Å². The normalized spacial score (nSPS) is 11.7. The molecule has 0 atom stereocenters. The lowest BCUT2D eigenvalue weighted by Crippen LogP contribution is -2.25. The molecule has 1 N–H and O–H groups in total. The lowest BCUT2D eigenvalue weighted by Gasteiger charge is -2.13. The molecular formula is C12H17NO4S. The summed E-state index contributed by atoms with van der Waals surface area (Å²) in [7, 11) is -1.59. The zero-order valence-corrected chi connectivity index (χ0v) is 11.3. The Hall–Kier alpha value is -1.40. The van der Waals surface area contributed by atoms with Crippen LogP contribution in [0.4, 0.5) is 0 Å². The molecule has 100 valence electrons. The van der Waals surface area contributed by atoms with Gasteiger partial charge in [0, 0.05) is 6.54 Å². The van der Waals surface area contributed by atoms with Gasteiger partial charge in [-0.05, 0) is 31.8 Å². The molecule has 1 rings (SSSR count). The first-order valence-electron chi connectivity index (χ1n) is 5.61. The Morgan fingerprint density at radius 3 is 2.61 bits per heavy atom. The second-order valence-electron chi connectivity index (χ2n) is 4.05. The van der Waals surface area contributed by atoms with Gasteiger partial charge in [-0.3, -0.25) is 0 Å². The Kier molecular flexibility index (Phi) is 4.86. The van der Waals surface area contributed by atoms with Crippen molar-refractivity contribution in [2.24, 2.45) is 0 Å². The van der Waals surface area contributed by atoms with E-state index >= 15 is 0 Å². The Bertz CT molecular complexity index is 525. The van der Waals surface area contributed by atoms with Crippen molar-refractivity contribution < 1.29 is 18.3 Å². The highest BCUT2D eigenvalue weighted by Crippen LogP contribution is 2.13. The smallest absolute Gasteiger partial charge is 0.335 e. The number of hydrogen-bond acceptors (Lipinski definition) is 4. The second kappa shape index (κ2) is 5.97. The molecule has 0 spiro atoms. The van der Waals surface area contributed by atoms with Crippen molar-refractivity contribution in [3.63, 3.8) is 0 Å². The highest BCUT2D eigenvalue weighted by molar-refractivity contribution is 7.91. The van der Waals surface area contributed by atoms with Crippen LogP contribution in [0.5, 0.6) is 0 Å². The summed E-state index contributed by atoms with van der Waals surface area (Å²) in [5.41, 5.74) is -0.0140. The molecule has 1 aromatic carbocycles. The number of benzene rings is 1. The van der Waals surface area contributed by atoms with E-state index in [4.69, 9.17) is 5.11 Å². The van der Waals surface area contributed by atoms with Crippen LogP contribution < -0.4 is 0 Å². The fourth-order valence-corrected chi connectivity index (χ4v) is 2.75. The van der Waals surface area contributed by atoms with Crippen molar-refractivity contribution in [2.45, 2.75) is 11.8 Å². The van der Waals surface area contributed by atoms with Crippen LogP contribution in [0.1, 0.15) is 17.3 Å². The molecule has 0 radical (unpaired) electrons. The molecule has 0 saturated heterocycles. The third-order valence-corrected chi connectivity index (χ3v) is 4.41. The molecule has 0 saturated carbocycles. The number of carboxylic acids is 1. The van der Waals surface area contributed by atoms with E-state index in [9.17, 15) is 13.2 Å². The van der Waals surface area contributed by atoms with Gasteiger partial charge < -0.3 is 10.0 Å². The third-order valence-electron chi connectivity index (χ3n) is 2.72. The number of carbonyl (C=O) groups is 1. The maximum atomic E-state index is 12.0. The summed E-state index contributed by atoms with van der Waals surface area (Å²) in [5.74, 6) is -1.14. The van der Waals surface area contributed by atoms with Gasteiger partial charge >= 0.3 is 5.97 Å². The fraction of sp³-hybridized carbons (Fsp3) is 0.417. The summed E-state index contributed by atoms with van der Waals surface area (Å²) in [6.07, 6.45) is 0. The van der Waals surface area contributed by atoms with Gasteiger partial charge in [0.1, 0.15) is 0 Å². The Morgan fingerprint density at radius 2 is 2.06 bits per heavy atom. The molecule has 0 aliphatic carbocycles. The van der Waals surface area contributed by atoms with Crippen LogP contribution >= 0.6 is 0 Å². The van der Waals surface area contributed by atoms with E-state index in [0.29, 0.717) is 6.54 Å². The van der Waals surface area contributed by atoms with Crippen LogP contribution in [0.25, 0.3) is 0 Å². The summed E-state index contributed by atoms with van der Waals surface area (Å²) in [6, 6.07) is 5.44. The van der Waals surface area contributed by atoms with Gasteiger partial charge in [0.2, 0.25) is 0 Å². The van der Waals surface area contributed by atoms with Crippen molar-refractivity contribution >= 4 is 15.8 Å². The molecular weight excluding hydrogens is 254 g/mol. The maximum absolute atomic E-state index is 12.0. The van der Waals surface area contributed by atoms with Crippen molar-refractivity contribution in [2.75, 3.05) is 25.9 Å². The van der Waals surface area contributed by atoms with Crippen LogP contribution in [0.3, 0.4) is 0 Å². The van der Waals surface area contributed by atoms with E-state index in [-0.39, 0.29) is 16.2 Å². The molecule has 0 aliphatic rings. The average molecular weight is 271 g/mol. The number of aromatic carboxylic acids is 1. The van der Waals surface area contributed by atoms with Gasteiger partial charge in [0.25, 0.3) is 0 Å². The minimum atomic E-state index is -3.43. The minimum Gasteiger partial charge on any atom is -0.478 e. The van der Waals surface area contributed by atoms with Crippen molar-refractivity contribution in [3.05, 3.63) is 29.8 Å². The Balaban J connectivity index is 2.91. The predicted molar refractivity (Wildman–Crippen MR) is 68.6 cm³/mol. The lowest BCUT2D eigenvalue weighted by atomic mass is 10.2. The fourth-order valence-electron chi connectivity index (χ4n) is 1.37. The van der Waals surface area contributed by atoms with Gasteiger partial charge in [0.15, 0.2) is 9.84 Å². The molecule has 0 unspecified atom stereocenters. The van der Waals surface area contributed by atoms with Gasteiger partial charge in [-0.15, -0.1) is 0 Å². The van der Waals surface area contributed by atoms with Gasteiger partial charge in [-0.1, -0.05) is 13.0 Å². The van der Waals surface area contributed by atoms with E-state index in [2.05, 4.69) is 0 Å². The largest absolute Gasteiger partial charge is 0.478 e. The summed E-state index contributed by atoms with van der Waals surface area (Å²) in [6.45, 7) is 3.14. The van der Waals surface area contributed by atoms with E-state index in [0.717, 1.165) is 6.54 Å². The van der Waals surface area contributed by atoms with Gasteiger partial charge in [-0.2, -0.15) is 0 Å². The summed E-state index contributed by atoms with van der Waals surface area (Å²) < 4.78 is 24.0. The van der Waals surface area contributed by atoms with Crippen LogP contribution in [-0.4, -0.2) is 50.3 Å². The summed E-state index contributed by atoms with van der Waals surface area (Å²) in [5, 5.41) is 8.83. The van der Waals surface area contributed by atoms with Crippen molar-refractivity contribution in [1.29, 1.82) is 0 Å². The molecule has 0 fully saturated rings. The molecule has 18 heavy (non-hydrogen) atoms. The quantitative estimate of drug-likeness (QED) is 0.839. The van der Waals surface area contributed by atoms with Crippen molar-refractivity contribution in [1.82, 2.24) is 4.90 Å². The van der Waals surface area contributed by atoms with Crippen LogP contribution in [0.2, 0.25) is 0 Å². The molecule has 0 amide bonds. The SMILES string of the molecule is CCN(C)CCS(=O)(=O)c1cccc(C(=O)O)c1. The molecule has 5 nitrogen and oxygen atoms in total. The molecule has 0 aliphatic heterocycles. The first-order valence-corrected chi connectivity index (χ1v) is 7.26. The number of rotatable bonds is 6. The van der Waals surface area contributed by atoms with Crippen LogP contribution in [0, 0.1) is 0 Å². The number of nitrogens with zero attached hydrogens (tertiary/aromatic N) is 1. The van der Waals surface area contributed by atoms with E-state index < -0.39 is 15.8 Å². The monoisotopic (exact) mass is 271 g/mol. The standard InChI is InChI=1S/C12H17NO4S/c1-3-13(2)7-8-18(16,17)11-6-4-5-10(9-11)12(14)15/h4-6,9H,3,7-8H2,1-2H3,(H,14,15). The van der Waals surface area contributed by atoms with E-state index in [1.807, 2.05) is 18.9 Å². The molecule has 1 aromatic rings. The summed E-state index contributed by atoms with van der Waals surface area (Å²) in [4.78, 5) is 12.7. The van der Waals surface area contributed by atoms with Crippen LogP contribution in [0.15, 0.2) is 29.2 Å². The molecule has 0 bridgehead atoms. The average Bonchev–Trinajstić information content (AvgIpc) is 2.36. The molecule has 0 heterocycles. The van der Waals surface area contributed by atoms with Crippen molar-refractivity contribution in [3.8, 4) is 0 Å². The zero-order valence-electron chi connectivity index (χ0n) is 10.5. The lowest BCUT2D eigenvalue weighted by molar-refractivity contribution is 0.0696. The zero-order chi connectivity index (χ0) is 13.8. The predicted octanol–water partition coefficient (Wildman–Crippen LogP) is 1.11. The maximum Gasteiger partial charge on any atom is 0.335 e. The highest BCUT2D eigenvalue weighted by atomic mass is 32.2. The van der Waals surface area contributed by atoms with Gasteiger partial charge in [-0.25, -0.2) is 13.2 Å². The first-order chi connectivity index (χ1) is 8.36. The number of hydrogen-bond donors (Lipinski definition) is 1. The molecule has 6 heteroatoms. The van der Waals surface area contributed by atoms with Gasteiger partial charge in [0.05, 0.1) is 16.2 Å². The third kappa shape index (κ3) is 3.82.